The van der Waals surface area contributed by atoms with Crippen molar-refractivity contribution in [2.24, 2.45) is 5.73 Å². The molecule has 17 heavy (non-hydrogen) atoms. The summed E-state index contributed by atoms with van der Waals surface area (Å²) >= 11 is 1.70. The summed E-state index contributed by atoms with van der Waals surface area (Å²) in [5.41, 5.74) is 7.39. The van der Waals surface area contributed by atoms with Gasteiger partial charge in [0.15, 0.2) is 0 Å². The lowest BCUT2D eigenvalue weighted by Gasteiger charge is -2.26. The molecule has 0 spiro atoms. The van der Waals surface area contributed by atoms with Gasteiger partial charge in [0.25, 0.3) is 0 Å². The molecule has 0 atom stereocenters. The van der Waals surface area contributed by atoms with Crippen molar-refractivity contribution in [1.82, 2.24) is 0 Å². The summed E-state index contributed by atoms with van der Waals surface area (Å²) in [6.07, 6.45) is 4.48. The van der Waals surface area contributed by atoms with Crippen molar-refractivity contribution in [3.8, 4) is 11.5 Å². The van der Waals surface area contributed by atoms with Crippen LogP contribution in [-0.2, 0) is 5.54 Å². The first kappa shape index (κ1) is 11.2. The van der Waals surface area contributed by atoms with Crippen LogP contribution in [0.1, 0.15) is 31.2 Å². The first-order chi connectivity index (χ1) is 8.23. The van der Waals surface area contributed by atoms with Crippen LogP contribution in [0.4, 0.5) is 0 Å². The van der Waals surface area contributed by atoms with Gasteiger partial charge in [-0.25, -0.2) is 0 Å². The molecule has 1 aromatic carbocycles. The van der Waals surface area contributed by atoms with Gasteiger partial charge in [-0.1, -0.05) is 24.6 Å². The zero-order chi connectivity index (χ0) is 11.9. The van der Waals surface area contributed by atoms with Gasteiger partial charge in [-0.05, 0) is 25.0 Å². The molecule has 1 aliphatic carbocycles. The standard InChI is InChI=1S/C13H17NO2S/c1-15-10-7-12-11(16-8-17-12)6-9(10)13(14)4-2-3-5-13/h6-7H,2-5,8,14H2,1H3. The van der Waals surface area contributed by atoms with Crippen molar-refractivity contribution in [3.63, 3.8) is 0 Å². The minimum atomic E-state index is -0.225. The van der Waals surface area contributed by atoms with Crippen molar-refractivity contribution in [2.45, 2.75) is 36.1 Å². The molecule has 1 aromatic rings. The van der Waals surface area contributed by atoms with Crippen LogP contribution in [0.15, 0.2) is 17.0 Å². The Balaban J connectivity index is 2.08. The molecular formula is C13H17NO2S. The third-order valence-electron chi connectivity index (χ3n) is 3.73. The summed E-state index contributed by atoms with van der Waals surface area (Å²) in [5, 5.41) is 0. The van der Waals surface area contributed by atoms with Gasteiger partial charge < -0.3 is 15.2 Å². The van der Waals surface area contributed by atoms with Crippen molar-refractivity contribution >= 4 is 11.8 Å². The number of thioether (sulfide) groups is 1. The Bertz CT molecular complexity index is 441. The maximum atomic E-state index is 6.51. The molecule has 1 fully saturated rings. The zero-order valence-electron chi connectivity index (χ0n) is 9.99. The van der Waals surface area contributed by atoms with Crippen LogP contribution in [0.5, 0.6) is 11.5 Å². The highest BCUT2D eigenvalue weighted by Crippen LogP contribution is 2.47. The van der Waals surface area contributed by atoms with E-state index in [9.17, 15) is 0 Å². The lowest BCUT2D eigenvalue weighted by molar-refractivity contribution is 0.367. The molecule has 92 valence electrons. The molecule has 2 aliphatic rings. The Morgan fingerprint density at radius 2 is 2.12 bits per heavy atom. The van der Waals surface area contributed by atoms with Crippen LogP contribution in [0, 0.1) is 0 Å². The molecule has 1 heterocycles. The fourth-order valence-corrected chi connectivity index (χ4v) is 3.52. The predicted molar refractivity (Wildman–Crippen MR) is 68.7 cm³/mol. The summed E-state index contributed by atoms with van der Waals surface area (Å²) in [4.78, 5) is 1.16. The van der Waals surface area contributed by atoms with Crippen molar-refractivity contribution in [3.05, 3.63) is 17.7 Å². The Morgan fingerprint density at radius 3 is 2.82 bits per heavy atom. The second-order valence-electron chi connectivity index (χ2n) is 4.77. The van der Waals surface area contributed by atoms with E-state index in [1.54, 1.807) is 18.9 Å². The minimum Gasteiger partial charge on any atom is -0.496 e. The van der Waals surface area contributed by atoms with Crippen LogP contribution >= 0.6 is 11.8 Å². The number of nitrogens with two attached hydrogens (primary N) is 1. The van der Waals surface area contributed by atoms with E-state index in [4.69, 9.17) is 15.2 Å². The fourth-order valence-electron chi connectivity index (χ4n) is 2.76. The smallest absolute Gasteiger partial charge is 0.138 e. The quantitative estimate of drug-likeness (QED) is 0.878. The highest BCUT2D eigenvalue weighted by molar-refractivity contribution is 7.99. The molecule has 1 aliphatic heterocycles. The third kappa shape index (κ3) is 1.79. The minimum absolute atomic E-state index is 0.225. The molecule has 0 radical (unpaired) electrons. The molecule has 0 aromatic heterocycles. The van der Waals surface area contributed by atoms with E-state index in [1.165, 1.54) is 12.8 Å². The Kier molecular flexibility index (Phi) is 2.71. The van der Waals surface area contributed by atoms with Crippen LogP contribution in [-0.4, -0.2) is 13.0 Å². The van der Waals surface area contributed by atoms with E-state index in [0.29, 0.717) is 5.94 Å². The highest BCUT2D eigenvalue weighted by Gasteiger charge is 2.35. The molecular weight excluding hydrogens is 234 g/mol. The molecule has 3 rings (SSSR count). The van der Waals surface area contributed by atoms with Crippen molar-refractivity contribution < 1.29 is 9.47 Å². The number of rotatable bonds is 2. The normalized spacial score (nSPS) is 21.1. The number of methoxy groups -OCH3 is 1. The number of fused-ring (bicyclic) bond motifs is 1. The van der Waals surface area contributed by atoms with Gasteiger partial charge in [-0.15, -0.1) is 0 Å². The third-order valence-corrected chi connectivity index (χ3v) is 4.59. The maximum Gasteiger partial charge on any atom is 0.138 e. The Morgan fingerprint density at radius 1 is 1.35 bits per heavy atom. The predicted octanol–water partition coefficient (Wildman–Crippen LogP) is 2.87. The van der Waals surface area contributed by atoms with E-state index < -0.39 is 0 Å². The van der Waals surface area contributed by atoms with Crippen LogP contribution < -0.4 is 15.2 Å². The molecule has 3 nitrogen and oxygen atoms in total. The van der Waals surface area contributed by atoms with Gasteiger partial charge in [-0.3, -0.25) is 0 Å². The van der Waals surface area contributed by atoms with Crippen molar-refractivity contribution in [2.75, 3.05) is 13.0 Å². The molecule has 4 heteroatoms. The summed E-state index contributed by atoms with van der Waals surface area (Å²) in [6, 6.07) is 4.15. The molecule has 0 saturated heterocycles. The number of benzene rings is 1. The Labute approximate surface area is 106 Å². The van der Waals surface area contributed by atoms with Gasteiger partial charge in [0, 0.05) is 11.1 Å². The highest BCUT2D eigenvalue weighted by atomic mass is 32.2. The van der Waals surface area contributed by atoms with Crippen LogP contribution in [0.3, 0.4) is 0 Å². The average Bonchev–Trinajstić information content (AvgIpc) is 2.95. The lowest BCUT2D eigenvalue weighted by Crippen LogP contribution is -2.33. The summed E-state index contributed by atoms with van der Waals surface area (Å²) in [5.74, 6) is 2.56. The Hall–Kier alpha value is -0.870. The van der Waals surface area contributed by atoms with Crippen molar-refractivity contribution in [1.29, 1.82) is 0 Å². The zero-order valence-corrected chi connectivity index (χ0v) is 10.8. The molecule has 0 unspecified atom stereocenters. The number of ether oxygens (including phenoxy) is 2. The summed E-state index contributed by atoms with van der Waals surface area (Å²) in [6.45, 7) is 0. The van der Waals surface area contributed by atoms with Crippen LogP contribution in [0.2, 0.25) is 0 Å². The maximum absolute atomic E-state index is 6.51. The second-order valence-corrected chi connectivity index (χ2v) is 5.73. The van der Waals surface area contributed by atoms with E-state index in [1.807, 2.05) is 0 Å². The molecule has 1 saturated carbocycles. The van der Waals surface area contributed by atoms with Crippen LogP contribution in [0.25, 0.3) is 0 Å². The second kappa shape index (κ2) is 4.10. The van der Waals surface area contributed by atoms with Gasteiger partial charge in [0.2, 0.25) is 0 Å². The fraction of sp³-hybridized carbons (Fsp3) is 0.538. The summed E-state index contributed by atoms with van der Waals surface area (Å²) < 4.78 is 11.1. The van der Waals surface area contributed by atoms with Gasteiger partial charge in [0.05, 0.1) is 12.0 Å². The lowest BCUT2D eigenvalue weighted by atomic mass is 9.88. The van der Waals surface area contributed by atoms with E-state index in [2.05, 4.69) is 12.1 Å². The van der Waals surface area contributed by atoms with E-state index in [-0.39, 0.29) is 5.54 Å². The molecule has 0 amide bonds. The molecule has 2 N–H and O–H groups in total. The van der Waals surface area contributed by atoms with E-state index >= 15 is 0 Å². The van der Waals surface area contributed by atoms with Gasteiger partial charge in [-0.2, -0.15) is 0 Å². The van der Waals surface area contributed by atoms with Gasteiger partial charge >= 0.3 is 0 Å². The number of hydrogen-bond acceptors (Lipinski definition) is 4. The molecule has 0 bridgehead atoms. The van der Waals surface area contributed by atoms with Gasteiger partial charge in [0.1, 0.15) is 17.4 Å². The number of hydrogen-bond donors (Lipinski definition) is 1. The SMILES string of the molecule is COc1cc2c(cc1C1(N)CCCC1)OCS2. The largest absolute Gasteiger partial charge is 0.496 e. The first-order valence-electron chi connectivity index (χ1n) is 6.00. The first-order valence-corrected chi connectivity index (χ1v) is 6.98. The van der Waals surface area contributed by atoms with E-state index in [0.717, 1.165) is 34.8 Å². The average molecular weight is 251 g/mol. The topological polar surface area (TPSA) is 44.5 Å². The monoisotopic (exact) mass is 251 g/mol. The summed E-state index contributed by atoms with van der Waals surface area (Å²) in [7, 11) is 1.71.